The number of alkyl halides is 3. The van der Waals surface area contributed by atoms with Gasteiger partial charge in [-0.2, -0.15) is 17.5 Å². The minimum Gasteiger partial charge on any atom is -0.331 e. The summed E-state index contributed by atoms with van der Waals surface area (Å²) in [4.78, 5) is 23.0. The third-order valence-corrected chi connectivity index (χ3v) is 9.74. The summed E-state index contributed by atoms with van der Waals surface area (Å²) < 4.78 is 66.4. The Hall–Kier alpha value is -4.37. The first-order valence-electron chi connectivity index (χ1n) is 13.5. The van der Waals surface area contributed by atoms with E-state index in [-0.39, 0.29) is 16.1 Å². The normalized spacial score (nSPS) is 14.4. The van der Waals surface area contributed by atoms with Crippen LogP contribution in [0.2, 0.25) is 0 Å². The first kappa shape index (κ1) is 29.7. The van der Waals surface area contributed by atoms with Gasteiger partial charge >= 0.3 is 6.18 Å². The van der Waals surface area contributed by atoms with Crippen LogP contribution in [0.3, 0.4) is 0 Å². The first-order valence-corrected chi connectivity index (χ1v) is 15.8. The van der Waals surface area contributed by atoms with Crippen molar-refractivity contribution < 1.29 is 26.4 Å². The SMILES string of the molecule is O=C(Nc1cccc(C(F)(F)F)c1)c1cccc(-c2ccc3nc(Nc4ccc(S(=O)(=O)N5CCNCC5)cc4)sc3n2)c1. The van der Waals surface area contributed by atoms with Gasteiger partial charge < -0.3 is 16.0 Å². The monoisotopic (exact) mass is 638 g/mol. The summed E-state index contributed by atoms with van der Waals surface area (Å²) in [5, 5.41) is 9.43. The lowest BCUT2D eigenvalue weighted by Crippen LogP contribution is -2.46. The van der Waals surface area contributed by atoms with E-state index < -0.39 is 27.7 Å². The van der Waals surface area contributed by atoms with Crippen molar-refractivity contribution in [1.29, 1.82) is 0 Å². The van der Waals surface area contributed by atoms with E-state index in [4.69, 9.17) is 4.98 Å². The van der Waals surface area contributed by atoms with E-state index in [0.29, 0.717) is 58.6 Å². The first-order chi connectivity index (χ1) is 21.1. The van der Waals surface area contributed by atoms with Crippen LogP contribution in [-0.2, 0) is 16.2 Å². The predicted molar refractivity (Wildman–Crippen MR) is 164 cm³/mol. The summed E-state index contributed by atoms with van der Waals surface area (Å²) in [6.07, 6.45) is -4.52. The molecule has 9 nitrogen and oxygen atoms in total. The van der Waals surface area contributed by atoms with Crippen molar-refractivity contribution in [1.82, 2.24) is 19.6 Å². The molecule has 0 aliphatic carbocycles. The van der Waals surface area contributed by atoms with Crippen LogP contribution in [0.4, 0.5) is 29.7 Å². The number of sulfonamides is 1. The van der Waals surface area contributed by atoms with E-state index in [2.05, 4.69) is 20.9 Å². The Kier molecular flexibility index (Phi) is 8.07. The van der Waals surface area contributed by atoms with Gasteiger partial charge in [-0.25, -0.2) is 18.4 Å². The average Bonchev–Trinajstić information content (AvgIpc) is 3.43. The fourth-order valence-electron chi connectivity index (χ4n) is 4.70. The topological polar surface area (TPSA) is 116 Å². The van der Waals surface area contributed by atoms with E-state index in [0.717, 1.165) is 12.1 Å². The zero-order valence-corrected chi connectivity index (χ0v) is 24.6. The smallest absolute Gasteiger partial charge is 0.331 e. The molecular weight excluding hydrogens is 613 g/mol. The largest absolute Gasteiger partial charge is 0.416 e. The van der Waals surface area contributed by atoms with Crippen molar-refractivity contribution >= 4 is 54.1 Å². The zero-order valence-electron chi connectivity index (χ0n) is 22.9. The van der Waals surface area contributed by atoms with Crippen LogP contribution < -0.4 is 16.0 Å². The van der Waals surface area contributed by atoms with Crippen LogP contribution in [0.1, 0.15) is 15.9 Å². The number of halogens is 3. The van der Waals surface area contributed by atoms with E-state index in [1.54, 1.807) is 60.7 Å². The lowest BCUT2D eigenvalue weighted by molar-refractivity contribution is -0.137. The van der Waals surface area contributed by atoms with Gasteiger partial charge in [-0.15, -0.1) is 0 Å². The number of piperazine rings is 1. The van der Waals surface area contributed by atoms with E-state index in [1.807, 2.05) is 0 Å². The van der Waals surface area contributed by atoms with Crippen LogP contribution in [0.15, 0.2) is 89.8 Å². The Labute approximate surface area is 254 Å². The third kappa shape index (κ3) is 6.43. The van der Waals surface area contributed by atoms with Gasteiger partial charge in [0.2, 0.25) is 10.0 Å². The van der Waals surface area contributed by atoms with Crippen molar-refractivity contribution in [3.8, 4) is 11.3 Å². The summed E-state index contributed by atoms with van der Waals surface area (Å²) >= 11 is 1.31. The maximum atomic E-state index is 13.1. The summed E-state index contributed by atoms with van der Waals surface area (Å²) in [5.41, 5.74) is 2.00. The van der Waals surface area contributed by atoms with Crippen molar-refractivity contribution in [2.45, 2.75) is 11.1 Å². The number of rotatable bonds is 7. The van der Waals surface area contributed by atoms with Crippen molar-refractivity contribution in [3.05, 3.63) is 96.1 Å². The Bertz CT molecular complexity index is 1940. The molecule has 3 heterocycles. The molecule has 3 aromatic carbocycles. The lowest BCUT2D eigenvalue weighted by atomic mass is 10.1. The molecule has 226 valence electrons. The molecule has 0 radical (unpaired) electrons. The van der Waals surface area contributed by atoms with Gasteiger partial charge in [0, 0.05) is 48.7 Å². The summed E-state index contributed by atoms with van der Waals surface area (Å²) in [6.45, 7) is 2.10. The highest BCUT2D eigenvalue weighted by molar-refractivity contribution is 7.89. The van der Waals surface area contributed by atoms with Crippen LogP contribution in [-0.4, -0.2) is 54.8 Å². The molecule has 1 saturated heterocycles. The highest BCUT2D eigenvalue weighted by Crippen LogP contribution is 2.32. The molecule has 3 N–H and O–H groups in total. The van der Waals surface area contributed by atoms with E-state index in [9.17, 15) is 26.4 Å². The molecule has 5 aromatic rings. The molecule has 1 amide bonds. The second kappa shape index (κ2) is 12.0. The highest BCUT2D eigenvalue weighted by Gasteiger charge is 2.30. The Morgan fingerprint density at radius 2 is 1.64 bits per heavy atom. The number of aromatic nitrogens is 2. The molecule has 0 unspecified atom stereocenters. The predicted octanol–water partition coefficient (Wildman–Crippen LogP) is 5.97. The molecule has 6 rings (SSSR count). The second-order valence-electron chi connectivity index (χ2n) is 9.96. The van der Waals surface area contributed by atoms with Gasteiger partial charge in [0.25, 0.3) is 5.91 Å². The van der Waals surface area contributed by atoms with E-state index >= 15 is 0 Å². The quantitative estimate of drug-likeness (QED) is 0.201. The summed E-state index contributed by atoms with van der Waals surface area (Å²) in [7, 11) is -3.56. The molecule has 1 aliphatic heterocycles. The summed E-state index contributed by atoms with van der Waals surface area (Å²) in [5.74, 6) is -0.553. The fourth-order valence-corrected chi connectivity index (χ4v) is 6.99. The van der Waals surface area contributed by atoms with Crippen LogP contribution in [0.25, 0.3) is 21.6 Å². The zero-order chi connectivity index (χ0) is 30.9. The van der Waals surface area contributed by atoms with E-state index in [1.165, 1.54) is 27.8 Å². The minimum atomic E-state index is -4.52. The Morgan fingerprint density at radius 3 is 2.39 bits per heavy atom. The molecule has 44 heavy (non-hydrogen) atoms. The molecule has 2 aromatic heterocycles. The number of amides is 1. The van der Waals surface area contributed by atoms with Gasteiger partial charge in [0.15, 0.2) is 5.13 Å². The number of nitrogens with zero attached hydrogens (tertiary/aromatic N) is 3. The maximum Gasteiger partial charge on any atom is 0.416 e. The standard InChI is InChI=1S/C30H25F3N6O3S2/c31-30(32,33)21-5-2-6-23(18-21)35-27(40)20-4-1-3-19(17-20)25-11-12-26-28(37-25)43-29(38-26)36-22-7-9-24(10-8-22)44(41,42)39-15-13-34-14-16-39/h1-12,17-18,34H,13-16H2,(H,35,40)(H,36,38). The molecule has 14 heteroatoms. The van der Waals surface area contributed by atoms with Crippen molar-refractivity contribution in [2.75, 3.05) is 36.8 Å². The Morgan fingerprint density at radius 1 is 0.886 bits per heavy atom. The molecular formula is C30H25F3N6O3S2. The van der Waals surface area contributed by atoms with Gasteiger partial charge in [-0.1, -0.05) is 29.5 Å². The number of carbonyl (C=O) groups excluding carboxylic acids is 1. The molecule has 0 spiro atoms. The number of hydrogen-bond acceptors (Lipinski definition) is 8. The van der Waals surface area contributed by atoms with Crippen molar-refractivity contribution in [3.63, 3.8) is 0 Å². The van der Waals surface area contributed by atoms with Crippen LogP contribution in [0, 0.1) is 0 Å². The van der Waals surface area contributed by atoms with Gasteiger partial charge in [0.1, 0.15) is 10.3 Å². The molecule has 0 saturated carbocycles. The van der Waals surface area contributed by atoms with Crippen LogP contribution in [0.5, 0.6) is 0 Å². The third-order valence-electron chi connectivity index (χ3n) is 6.94. The number of benzene rings is 3. The minimum absolute atomic E-state index is 0.0373. The maximum absolute atomic E-state index is 13.1. The number of thiazole rings is 1. The number of anilines is 3. The second-order valence-corrected chi connectivity index (χ2v) is 12.9. The van der Waals surface area contributed by atoms with Gasteiger partial charge in [-0.05, 0) is 66.7 Å². The highest BCUT2D eigenvalue weighted by atomic mass is 32.2. The Balaban J connectivity index is 1.16. The molecule has 0 bridgehead atoms. The van der Waals surface area contributed by atoms with Crippen molar-refractivity contribution in [2.24, 2.45) is 0 Å². The lowest BCUT2D eigenvalue weighted by Gasteiger charge is -2.26. The van der Waals surface area contributed by atoms with Gasteiger partial charge in [0.05, 0.1) is 16.2 Å². The number of fused-ring (bicyclic) bond motifs is 1. The number of carbonyl (C=O) groups is 1. The molecule has 1 fully saturated rings. The number of nitrogens with one attached hydrogen (secondary N) is 3. The number of hydrogen-bond donors (Lipinski definition) is 3. The van der Waals surface area contributed by atoms with Crippen LogP contribution >= 0.6 is 11.3 Å². The fraction of sp³-hybridized carbons (Fsp3) is 0.167. The number of pyridine rings is 1. The average molecular weight is 639 g/mol. The summed E-state index contributed by atoms with van der Waals surface area (Å²) in [6, 6.07) is 21.2. The van der Waals surface area contributed by atoms with Gasteiger partial charge in [-0.3, -0.25) is 4.79 Å². The molecule has 0 atom stereocenters. The molecule has 1 aliphatic rings.